The number of hydrogen-bond acceptors (Lipinski definition) is 6. The molecule has 0 saturated carbocycles. The van der Waals surface area contributed by atoms with Gasteiger partial charge in [0, 0.05) is 37.2 Å². The minimum atomic E-state index is -0.189. The zero-order valence-electron chi connectivity index (χ0n) is 17.8. The number of thiophene rings is 1. The molecule has 31 heavy (non-hydrogen) atoms. The molecule has 4 rings (SSSR count). The van der Waals surface area contributed by atoms with Gasteiger partial charge in [0.15, 0.2) is 11.5 Å². The topological polar surface area (TPSA) is 76.2 Å². The highest BCUT2D eigenvalue weighted by Gasteiger charge is 2.34. The first-order valence-electron chi connectivity index (χ1n) is 10.4. The van der Waals surface area contributed by atoms with Crippen LogP contribution in [-0.2, 0) is 20.8 Å². The molecule has 1 saturated heterocycles. The summed E-state index contributed by atoms with van der Waals surface area (Å²) in [5, 5.41) is 2.01. The zero-order valence-corrected chi connectivity index (χ0v) is 18.6. The Hall–Kier alpha value is -2.87. The van der Waals surface area contributed by atoms with Gasteiger partial charge < -0.3 is 14.4 Å². The van der Waals surface area contributed by atoms with E-state index in [9.17, 15) is 14.4 Å². The fourth-order valence-corrected chi connectivity index (χ4v) is 5.23. The highest BCUT2D eigenvalue weighted by molar-refractivity contribution is 7.10. The van der Waals surface area contributed by atoms with Gasteiger partial charge in [0.2, 0.25) is 17.7 Å². The van der Waals surface area contributed by atoms with Crippen molar-refractivity contribution in [3.8, 4) is 11.5 Å². The monoisotopic (exact) mass is 442 g/mol. The third-order valence-corrected chi connectivity index (χ3v) is 6.86. The maximum absolute atomic E-state index is 13.2. The SMILES string of the molecule is COc1cc2c(cc1OC)[C@H](c1cccs1)N(C(=O)CCCN1C(=O)CCC1=O)CC2. The van der Waals surface area contributed by atoms with Gasteiger partial charge in [-0.3, -0.25) is 19.3 Å². The molecular formula is C23H26N2O5S. The van der Waals surface area contributed by atoms with E-state index in [4.69, 9.17) is 9.47 Å². The summed E-state index contributed by atoms with van der Waals surface area (Å²) in [4.78, 5) is 41.1. The summed E-state index contributed by atoms with van der Waals surface area (Å²) in [5.41, 5.74) is 2.19. The van der Waals surface area contributed by atoms with Crippen LogP contribution >= 0.6 is 11.3 Å². The van der Waals surface area contributed by atoms with Gasteiger partial charge in [-0.15, -0.1) is 11.3 Å². The molecule has 2 aliphatic heterocycles. The van der Waals surface area contributed by atoms with Crippen LogP contribution in [0.3, 0.4) is 0 Å². The smallest absolute Gasteiger partial charge is 0.229 e. The molecule has 3 amide bonds. The van der Waals surface area contributed by atoms with Gasteiger partial charge in [0.1, 0.15) is 0 Å². The molecule has 0 radical (unpaired) electrons. The Labute approximate surface area is 185 Å². The van der Waals surface area contributed by atoms with Crippen LogP contribution in [0, 0.1) is 0 Å². The summed E-state index contributed by atoms with van der Waals surface area (Å²) in [6.07, 6.45) is 2.06. The van der Waals surface area contributed by atoms with Crippen molar-refractivity contribution in [3.05, 3.63) is 45.6 Å². The Morgan fingerprint density at radius 3 is 2.45 bits per heavy atom. The number of benzene rings is 1. The van der Waals surface area contributed by atoms with E-state index in [2.05, 4.69) is 0 Å². The van der Waals surface area contributed by atoms with E-state index in [1.165, 1.54) is 4.90 Å². The second-order valence-electron chi connectivity index (χ2n) is 7.70. The Kier molecular flexibility index (Phi) is 6.27. The lowest BCUT2D eigenvalue weighted by atomic mass is 9.90. The van der Waals surface area contributed by atoms with Gasteiger partial charge in [-0.25, -0.2) is 0 Å². The molecule has 164 valence electrons. The number of nitrogens with zero attached hydrogens (tertiary/aromatic N) is 2. The molecule has 1 aromatic carbocycles. The average Bonchev–Trinajstić information content (AvgIpc) is 3.42. The van der Waals surface area contributed by atoms with Crippen molar-refractivity contribution < 1.29 is 23.9 Å². The molecule has 1 aromatic heterocycles. The fourth-order valence-electron chi connectivity index (χ4n) is 4.37. The molecular weight excluding hydrogens is 416 g/mol. The lowest BCUT2D eigenvalue weighted by molar-refractivity contribution is -0.139. The van der Waals surface area contributed by atoms with E-state index in [0.717, 1.165) is 22.4 Å². The summed E-state index contributed by atoms with van der Waals surface area (Å²) in [7, 11) is 3.23. The van der Waals surface area contributed by atoms with Crippen molar-refractivity contribution in [1.29, 1.82) is 0 Å². The summed E-state index contributed by atoms with van der Waals surface area (Å²) in [6.45, 7) is 0.911. The fraction of sp³-hybridized carbons (Fsp3) is 0.435. The largest absolute Gasteiger partial charge is 0.493 e. The first-order valence-corrected chi connectivity index (χ1v) is 11.3. The predicted molar refractivity (Wildman–Crippen MR) is 116 cm³/mol. The van der Waals surface area contributed by atoms with Gasteiger partial charge in [0.05, 0.1) is 20.3 Å². The first kappa shape index (κ1) is 21.4. The van der Waals surface area contributed by atoms with E-state index in [1.807, 2.05) is 34.5 Å². The van der Waals surface area contributed by atoms with Gasteiger partial charge in [-0.05, 0) is 47.5 Å². The quantitative estimate of drug-likeness (QED) is 0.616. The molecule has 0 bridgehead atoms. The standard InChI is InChI=1S/C23H26N2O5S/c1-29-17-13-15-9-11-25(20(26)6-3-10-24-21(27)7-8-22(24)28)23(19-5-4-12-31-19)16(15)14-18(17)30-2/h4-5,12-14,23H,3,6-11H2,1-2H3/t23-/m1/s1. The summed E-state index contributed by atoms with van der Waals surface area (Å²) in [6, 6.07) is 7.82. The number of imide groups is 1. The number of ether oxygens (including phenoxy) is 2. The first-order chi connectivity index (χ1) is 15.0. The number of amides is 3. The second-order valence-corrected chi connectivity index (χ2v) is 8.68. The molecule has 8 heteroatoms. The number of likely N-dealkylation sites (tertiary alicyclic amines) is 1. The lowest BCUT2D eigenvalue weighted by Gasteiger charge is -2.37. The highest BCUT2D eigenvalue weighted by atomic mass is 32.1. The van der Waals surface area contributed by atoms with E-state index in [-0.39, 0.29) is 36.6 Å². The summed E-state index contributed by atoms with van der Waals surface area (Å²) >= 11 is 1.62. The number of rotatable bonds is 7. The van der Waals surface area contributed by atoms with Gasteiger partial charge in [-0.2, -0.15) is 0 Å². The van der Waals surface area contributed by atoms with Crippen LogP contribution in [0.1, 0.15) is 47.7 Å². The molecule has 1 atom stereocenters. The molecule has 3 heterocycles. The van der Waals surface area contributed by atoms with Gasteiger partial charge in [-0.1, -0.05) is 6.07 Å². The zero-order chi connectivity index (χ0) is 22.0. The van der Waals surface area contributed by atoms with Crippen molar-refractivity contribution >= 4 is 29.1 Å². The predicted octanol–water partition coefficient (Wildman–Crippen LogP) is 3.17. The normalized spacial score (nSPS) is 18.3. The van der Waals surface area contributed by atoms with Crippen LogP contribution in [-0.4, -0.2) is 54.8 Å². The van der Waals surface area contributed by atoms with Crippen molar-refractivity contribution in [2.45, 2.75) is 38.1 Å². The molecule has 0 unspecified atom stereocenters. The minimum absolute atomic E-state index is 0.0259. The van der Waals surface area contributed by atoms with E-state index in [1.54, 1.807) is 25.6 Å². The van der Waals surface area contributed by atoms with Crippen molar-refractivity contribution in [2.24, 2.45) is 0 Å². The minimum Gasteiger partial charge on any atom is -0.493 e. The number of carbonyl (C=O) groups is 3. The molecule has 0 N–H and O–H groups in total. The maximum atomic E-state index is 13.2. The van der Waals surface area contributed by atoms with E-state index in [0.29, 0.717) is 37.4 Å². The lowest BCUT2D eigenvalue weighted by Crippen LogP contribution is -2.40. The average molecular weight is 443 g/mol. The van der Waals surface area contributed by atoms with Crippen molar-refractivity contribution in [3.63, 3.8) is 0 Å². The second kappa shape index (κ2) is 9.09. The molecule has 2 aliphatic rings. The third kappa shape index (κ3) is 4.17. The van der Waals surface area contributed by atoms with E-state index >= 15 is 0 Å². The summed E-state index contributed by atoms with van der Waals surface area (Å²) < 4.78 is 11.0. The molecule has 0 spiro atoms. The van der Waals surface area contributed by atoms with Crippen LogP contribution < -0.4 is 9.47 Å². The number of methoxy groups -OCH3 is 2. The Bertz CT molecular complexity index is 972. The number of hydrogen-bond donors (Lipinski definition) is 0. The third-order valence-electron chi connectivity index (χ3n) is 5.93. The van der Waals surface area contributed by atoms with Gasteiger partial charge in [0.25, 0.3) is 0 Å². The molecule has 1 fully saturated rings. The highest BCUT2D eigenvalue weighted by Crippen LogP contribution is 2.42. The number of carbonyl (C=O) groups excluding carboxylic acids is 3. The molecule has 2 aromatic rings. The number of fused-ring (bicyclic) bond motifs is 1. The molecule has 0 aliphatic carbocycles. The van der Waals surface area contributed by atoms with Crippen LogP contribution in [0.5, 0.6) is 11.5 Å². The van der Waals surface area contributed by atoms with E-state index < -0.39 is 0 Å². The summed E-state index contributed by atoms with van der Waals surface area (Å²) in [5.74, 6) is 1.08. The van der Waals surface area contributed by atoms with Crippen LogP contribution in [0.25, 0.3) is 0 Å². The van der Waals surface area contributed by atoms with Crippen molar-refractivity contribution in [2.75, 3.05) is 27.3 Å². The molecule has 7 nitrogen and oxygen atoms in total. The van der Waals surface area contributed by atoms with Crippen LogP contribution in [0.15, 0.2) is 29.6 Å². The van der Waals surface area contributed by atoms with Crippen molar-refractivity contribution in [1.82, 2.24) is 9.80 Å². The Balaban J connectivity index is 1.55. The maximum Gasteiger partial charge on any atom is 0.229 e. The van der Waals surface area contributed by atoms with Crippen LogP contribution in [0.2, 0.25) is 0 Å². The van der Waals surface area contributed by atoms with Gasteiger partial charge >= 0.3 is 0 Å². The Morgan fingerprint density at radius 1 is 1.10 bits per heavy atom. The van der Waals surface area contributed by atoms with Crippen LogP contribution in [0.4, 0.5) is 0 Å². The Morgan fingerprint density at radius 2 is 1.81 bits per heavy atom.